The summed E-state index contributed by atoms with van der Waals surface area (Å²) in [5.74, 6) is -0.514. The minimum atomic E-state index is -0.483. The molecule has 2 aliphatic rings. The first-order chi connectivity index (χ1) is 13.6. The van der Waals surface area contributed by atoms with Crippen molar-refractivity contribution in [2.45, 2.75) is 25.3 Å². The molecule has 28 heavy (non-hydrogen) atoms. The molecule has 4 rings (SSSR count). The molecule has 2 fully saturated rings. The topological polar surface area (TPSA) is 65.8 Å². The first-order valence-electron chi connectivity index (χ1n) is 9.73. The largest absolute Gasteiger partial charge is 0.468 e. The van der Waals surface area contributed by atoms with Crippen LogP contribution in [0.15, 0.2) is 47.1 Å². The predicted octanol–water partition coefficient (Wildman–Crippen LogP) is 2.72. The SMILES string of the molecule is O=C(NCC(c1ccco1)N1CCCC1)C1CC(=O)N(c2ccccc2F)C1. The number of carbonyl (C=O) groups is 2. The molecule has 1 N–H and O–H groups in total. The third-order valence-electron chi connectivity index (χ3n) is 5.56. The Bertz CT molecular complexity index is 833. The Morgan fingerprint density at radius 2 is 2.00 bits per heavy atom. The summed E-state index contributed by atoms with van der Waals surface area (Å²) in [7, 11) is 0. The minimum absolute atomic E-state index is 0.0128. The van der Waals surface area contributed by atoms with Gasteiger partial charge in [-0.3, -0.25) is 14.5 Å². The van der Waals surface area contributed by atoms with E-state index >= 15 is 0 Å². The van der Waals surface area contributed by atoms with Gasteiger partial charge in [-0.15, -0.1) is 0 Å². The van der Waals surface area contributed by atoms with Crippen molar-refractivity contribution < 1.29 is 18.4 Å². The fraction of sp³-hybridized carbons (Fsp3) is 0.429. The first-order valence-corrected chi connectivity index (χ1v) is 9.73. The summed E-state index contributed by atoms with van der Waals surface area (Å²) < 4.78 is 19.6. The molecule has 1 aromatic heterocycles. The van der Waals surface area contributed by atoms with E-state index in [1.807, 2.05) is 12.1 Å². The van der Waals surface area contributed by atoms with Crippen molar-refractivity contribution in [2.24, 2.45) is 5.92 Å². The molecule has 0 saturated carbocycles. The van der Waals surface area contributed by atoms with Crippen molar-refractivity contribution in [3.63, 3.8) is 0 Å². The smallest absolute Gasteiger partial charge is 0.227 e. The van der Waals surface area contributed by atoms with Gasteiger partial charge in [0.2, 0.25) is 11.8 Å². The zero-order chi connectivity index (χ0) is 19.5. The summed E-state index contributed by atoms with van der Waals surface area (Å²) in [5, 5.41) is 2.98. The van der Waals surface area contributed by atoms with Gasteiger partial charge in [0.1, 0.15) is 11.6 Å². The summed E-state index contributed by atoms with van der Waals surface area (Å²) in [4.78, 5) is 28.7. The fourth-order valence-corrected chi connectivity index (χ4v) is 4.07. The van der Waals surface area contributed by atoms with Crippen molar-refractivity contribution >= 4 is 17.5 Å². The van der Waals surface area contributed by atoms with Crippen LogP contribution >= 0.6 is 0 Å². The molecule has 6 nitrogen and oxygen atoms in total. The highest BCUT2D eigenvalue weighted by Gasteiger charge is 2.36. The molecule has 2 amide bonds. The molecule has 0 radical (unpaired) electrons. The number of rotatable bonds is 6. The summed E-state index contributed by atoms with van der Waals surface area (Å²) in [6.45, 7) is 2.58. The van der Waals surface area contributed by atoms with E-state index in [0.717, 1.165) is 31.7 Å². The summed E-state index contributed by atoms with van der Waals surface area (Å²) >= 11 is 0. The number of hydrogen-bond donors (Lipinski definition) is 1. The number of hydrogen-bond acceptors (Lipinski definition) is 4. The normalized spacial score (nSPS) is 21.2. The molecule has 7 heteroatoms. The lowest BCUT2D eigenvalue weighted by molar-refractivity contribution is -0.126. The van der Waals surface area contributed by atoms with Crippen molar-refractivity contribution in [3.05, 3.63) is 54.2 Å². The van der Waals surface area contributed by atoms with Crippen LogP contribution < -0.4 is 10.2 Å². The summed E-state index contributed by atoms with van der Waals surface area (Å²) in [5.41, 5.74) is 0.230. The molecular weight excluding hydrogens is 361 g/mol. The maximum atomic E-state index is 14.0. The number of nitrogens with zero attached hydrogens (tertiary/aromatic N) is 2. The van der Waals surface area contributed by atoms with E-state index in [4.69, 9.17) is 4.42 Å². The van der Waals surface area contributed by atoms with Gasteiger partial charge in [-0.1, -0.05) is 12.1 Å². The molecule has 2 unspecified atom stereocenters. The molecule has 0 aliphatic carbocycles. The van der Waals surface area contributed by atoms with E-state index in [0.29, 0.717) is 6.54 Å². The van der Waals surface area contributed by atoms with Crippen LogP contribution in [0.1, 0.15) is 31.1 Å². The van der Waals surface area contributed by atoms with Gasteiger partial charge in [0.05, 0.1) is 23.9 Å². The average molecular weight is 385 g/mol. The van der Waals surface area contributed by atoms with Crippen molar-refractivity contribution in [2.75, 3.05) is 31.1 Å². The van der Waals surface area contributed by atoms with Crippen molar-refractivity contribution in [1.29, 1.82) is 0 Å². The van der Waals surface area contributed by atoms with Gasteiger partial charge in [0, 0.05) is 19.5 Å². The van der Waals surface area contributed by atoms with Gasteiger partial charge in [0.15, 0.2) is 0 Å². The van der Waals surface area contributed by atoms with Crippen molar-refractivity contribution in [3.8, 4) is 0 Å². The van der Waals surface area contributed by atoms with Gasteiger partial charge in [-0.25, -0.2) is 4.39 Å². The van der Waals surface area contributed by atoms with E-state index in [1.54, 1.807) is 24.5 Å². The Morgan fingerprint density at radius 3 is 2.71 bits per heavy atom. The highest BCUT2D eigenvalue weighted by Crippen LogP contribution is 2.28. The lowest BCUT2D eigenvalue weighted by Crippen LogP contribution is -2.39. The lowest BCUT2D eigenvalue weighted by Gasteiger charge is -2.26. The Hall–Kier alpha value is -2.67. The molecule has 3 heterocycles. The van der Waals surface area contributed by atoms with E-state index in [9.17, 15) is 14.0 Å². The Morgan fingerprint density at radius 1 is 1.21 bits per heavy atom. The highest BCUT2D eigenvalue weighted by atomic mass is 19.1. The Kier molecular flexibility index (Phi) is 5.43. The van der Waals surface area contributed by atoms with E-state index < -0.39 is 11.7 Å². The lowest BCUT2D eigenvalue weighted by atomic mass is 10.1. The minimum Gasteiger partial charge on any atom is -0.468 e. The standard InChI is InChI=1S/C21H24FN3O3/c22-16-6-1-2-7-17(16)25-14-15(12-20(25)26)21(27)23-13-18(19-8-5-11-28-19)24-9-3-4-10-24/h1-2,5-8,11,15,18H,3-4,9-10,12-14H2,(H,23,27). The Balaban J connectivity index is 1.39. The van der Waals surface area contributed by atoms with Crippen LogP contribution in [-0.4, -0.2) is 42.9 Å². The number of carbonyl (C=O) groups excluding carboxylic acids is 2. The van der Waals surface area contributed by atoms with Gasteiger partial charge < -0.3 is 14.6 Å². The second kappa shape index (κ2) is 8.14. The second-order valence-electron chi connectivity index (χ2n) is 7.38. The van der Waals surface area contributed by atoms with Crippen molar-refractivity contribution in [1.82, 2.24) is 10.2 Å². The molecule has 2 atom stereocenters. The van der Waals surface area contributed by atoms with Crippen LogP contribution in [0.5, 0.6) is 0 Å². The fourth-order valence-electron chi connectivity index (χ4n) is 4.07. The van der Waals surface area contributed by atoms with Crippen LogP contribution in [0, 0.1) is 11.7 Å². The molecule has 148 valence electrons. The number of nitrogens with one attached hydrogen (secondary N) is 1. The average Bonchev–Trinajstić information content (AvgIpc) is 3.45. The summed E-state index contributed by atoms with van der Waals surface area (Å²) in [6.07, 6.45) is 4.01. The van der Waals surface area contributed by atoms with Crippen LogP contribution in [0.2, 0.25) is 0 Å². The van der Waals surface area contributed by atoms with Gasteiger partial charge >= 0.3 is 0 Å². The summed E-state index contributed by atoms with van der Waals surface area (Å²) in [6, 6.07) is 9.91. The number of amides is 2. The molecule has 0 bridgehead atoms. The zero-order valence-electron chi connectivity index (χ0n) is 15.6. The number of anilines is 1. The zero-order valence-corrected chi connectivity index (χ0v) is 15.6. The van der Waals surface area contributed by atoms with E-state index in [1.165, 1.54) is 11.0 Å². The molecule has 2 saturated heterocycles. The van der Waals surface area contributed by atoms with Crippen LogP contribution in [-0.2, 0) is 9.59 Å². The van der Waals surface area contributed by atoms with Crippen LogP contribution in [0.25, 0.3) is 0 Å². The van der Waals surface area contributed by atoms with Crippen LogP contribution in [0.3, 0.4) is 0 Å². The highest BCUT2D eigenvalue weighted by molar-refractivity contribution is 6.00. The second-order valence-corrected chi connectivity index (χ2v) is 7.38. The maximum Gasteiger partial charge on any atom is 0.227 e. The Labute approximate surface area is 163 Å². The third-order valence-corrected chi connectivity index (χ3v) is 5.56. The predicted molar refractivity (Wildman–Crippen MR) is 102 cm³/mol. The number of likely N-dealkylation sites (tertiary alicyclic amines) is 1. The first kappa shape index (κ1) is 18.7. The van der Waals surface area contributed by atoms with Gasteiger partial charge in [-0.05, 0) is 50.2 Å². The number of para-hydroxylation sites is 1. The monoisotopic (exact) mass is 385 g/mol. The molecule has 0 spiro atoms. The molecule has 2 aromatic rings. The molecule has 2 aliphatic heterocycles. The maximum absolute atomic E-state index is 14.0. The molecular formula is C21H24FN3O3. The molecule has 1 aromatic carbocycles. The van der Waals surface area contributed by atoms with E-state index in [-0.39, 0.29) is 36.5 Å². The number of halogens is 1. The van der Waals surface area contributed by atoms with E-state index in [2.05, 4.69) is 10.2 Å². The van der Waals surface area contributed by atoms with Gasteiger partial charge in [-0.2, -0.15) is 0 Å². The number of benzene rings is 1. The van der Waals surface area contributed by atoms with Crippen LogP contribution in [0.4, 0.5) is 10.1 Å². The number of furan rings is 1. The quantitative estimate of drug-likeness (QED) is 0.830. The third kappa shape index (κ3) is 3.80. The van der Waals surface area contributed by atoms with Gasteiger partial charge in [0.25, 0.3) is 0 Å².